The van der Waals surface area contributed by atoms with Gasteiger partial charge in [0, 0.05) is 30.7 Å². The fourth-order valence-electron chi connectivity index (χ4n) is 3.67. The van der Waals surface area contributed by atoms with Crippen molar-refractivity contribution in [2.24, 2.45) is 12.8 Å². The molecule has 0 atom stereocenters. The van der Waals surface area contributed by atoms with Crippen LogP contribution < -0.4 is 11.4 Å². The van der Waals surface area contributed by atoms with Crippen molar-refractivity contribution in [3.05, 3.63) is 64.2 Å². The maximum Gasteiger partial charge on any atom is 0.348 e. The highest BCUT2D eigenvalue weighted by molar-refractivity contribution is 5.82. The average Bonchev–Trinajstić information content (AvgIpc) is 3.23. The van der Waals surface area contributed by atoms with E-state index in [9.17, 15) is 9.90 Å². The van der Waals surface area contributed by atoms with Crippen molar-refractivity contribution >= 4 is 10.9 Å². The van der Waals surface area contributed by atoms with Gasteiger partial charge in [-0.05, 0) is 53.4 Å². The van der Waals surface area contributed by atoms with Crippen LogP contribution in [0.3, 0.4) is 0 Å². The molecule has 0 saturated heterocycles. The van der Waals surface area contributed by atoms with E-state index in [0.29, 0.717) is 23.6 Å². The zero-order valence-corrected chi connectivity index (χ0v) is 16.1. The number of benzene rings is 2. The molecule has 0 spiro atoms. The molecule has 28 heavy (non-hydrogen) atoms. The van der Waals surface area contributed by atoms with Gasteiger partial charge in [0.15, 0.2) is 5.82 Å². The molecule has 0 radical (unpaired) electrons. The lowest BCUT2D eigenvalue weighted by atomic mass is 9.94. The summed E-state index contributed by atoms with van der Waals surface area (Å²) < 4.78 is 3.50. The van der Waals surface area contributed by atoms with Crippen LogP contribution in [-0.2, 0) is 13.6 Å². The van der Waals surface area contributed by atoms with Crippen LogP contribution in [0.5, 0.6) is 5.75 Å². The number of hydrogen-bond acceptors (Lipinski definition) is 4. The highest BCUT2D eigenvalue weighted by Gasteiger charge is 2.19. The van der Waals surface area contributed by atoms with Crippen LogP contribution in [0.25, 0.3) is 28.0 Å². The van der Waals surface area contributed by atoms with Crippen molar-refractivity contribution in [3.63, 3.8) is 0 Å². The first kappa shape index (κ1) is 18.1. The molecule has 0 aliphatic rings. The van der Waals surface area contributed by atoms with Crippen LogP contribution in [-0.4, -0.2) is 24.4 Å². The number of H-pyrrole nitrogens is 1. The number of aromatic hydroxyl groups is 1. The number of phenols is 1. The minimum atomic E-state index is -0.362. The number of aromatic amines is 1. The van der Waals surface area contributed by atoms with Crippen LogP contribution in [0.4, 0.5) is 0 Å². The first-order chi connectivity index (χ1) is 13.4. The Hall–Kier alpha value is -3.32. The van der Waals surface area contributed by atoms with Gasteiger partial charge in [-0.2, -0.15) is 5.10 Å². The summed E-state index contributed by atoms with van der Waals surface area (Å²) in [6, 6.07) is 11.3. The second kappa shape index (κ2) is 6.69. The summed E-state index contributed by atoms with van der Waals surface area (Å²) >= 11 is 0. The fourth-order valence-corrected chi connectivity index (χ4v) is 3.67. The molecular weight excluding hydrogens is 354 g/mol. The molecule has 7 heteroatoms. The van der Waals surface area contributed by atoms with Crippen LogP contribution in [0.15, 0.2) is 47.4 Å². The van der Waals surface area contributed by atoms with E-state index in [4.69, 9.17) is 5.73 Å². The van der Waals surface area contributed by atoms with Gasteiger partial charge in [-0.25, -0.2) is 14.5 Å². The number of nitrogens with one attached hydrogen (secondary N) is 1. The zero-order valence-electron chi connectivity index (χ0n) is 16.1. The van der Waals surface area contributed by atoms with Crippen LogP contribution in [0.2, 0.25) is 0 Å². The van der Waals surface area contributed by atoms with Crippen molar-refractivity contribution in [3.8, 4) is 22.8 Å². The highest BCUT2D eigenvalue weighted by atomic mass is 16.3. The molecule has 0 bridgehead atoms. The quantitative estimate of drug-likeness (QED) is 0.509. The largest absolute Gasteiger partial charge is 0.507 e. The van der Waals surface area contributed by atoms with E-state index < -0.39 is 0 Å². The Labute approximate surface area is 162 Å². The van der Waals surface area contributed by atoms with Crippen molar-refractivity contribution in [2.75, 3.05) is 0 Å². The molecule has 0 unspecified atom stereocenters. The molecule has 2 aromatic carbocycles. The highest BCUT2D eigenvalue weighted by Crippen LogP contribution is 2.34. The van der Waals surface area contributed by atoms with Crippen LogP contribution in [0.1, 0.15) is 30.9 Å². The maximum absolute atomic E-state index is 12.5. The molecule has 4 rings (SSSR count). The van der Waals surface area contributed by atoms with Gasteiger partial charge in [0.1, 0.15) is 5.75 Å². The van der Waals surface area contributed by atoms with Crippen molar-refractivity contribution in [2.45, 2.75) is 26.3 Å². The minimum absolute atomic E-state index is 0.0471. The Balaban J connectivity index is 1.93. The first-order valence-electron chi connectivity index (χ1n) is 9.19. The van der Waals surface area contributed by atoms with Gasteiger partial charge in [-0.15, -0.1) is 0 Å². The van der Waals surface area contributed by atoms with E-state index in [2.05, 4.69) is 24.0 Å². The van der Waals surface area contributed by atoms with Gasteiger partial charge in [-0.3, -0.25) is 0 Å². The smallest absolute Gasteiger partial charge is 0.348 e. The second-order valence-electron chi connectivity index (χ2n) is 7.28. The Morgan fingerprint density at radius 1 is 1.21 bits per heavy atom. The number of aryl methyl sites for hydroxylation is 1. The van der Waals surface area contributed by atoms with E-state index in [0.717, 1.165) is 22.0 Å². The Bertz CT molecular complexity index is 1230. The Morgan fingerprint density at radius 3 is 2.71 bits per heavy atom. The molecule has 0 aliphatic heterocycles. The number of aromatic nitrogens is 4. The van der Waals surface area contributed by atoms with Crippen molar-refractivity contribution in [1.29, 1.82) is 0 Å². The number of hydrogen-bond donors (Lipinski definition) is 3. The summed E-state index contributed by atoms with van der Waals surface area (Å²) in [5.41, 5.74) is 9.62. The van der Waals surface area contributed by atoms with E-state index in [1.54, 1.807) is 6.07 Å². The molecule has 4 aromatic rings. The van der Waals surface area contributed by atoms with Crippen molar-refractivity contribution in [1.82, 2.24) is 19.3 Å². The van der Waals surface area contributed by atoms with Gasteiger partial charge in [-0.1, -0.05) is 13.8 Å². The van der Waals surface area contributed by atoms with Crippen LogP contribution >= 0.6 is 0 Å². The third-order valence-electron chi connectivity index (χ3n) is 5.14. The predicted molar refractivity (Wildman–Crippen MR) is 110 cm³/mol. The molecule has 4 N–H and O–H groups in total. The van der Waals surface area contributed by atoms with Gasteiger partial charge < -0.3 is 15.4 Å². The van der Waals surface area contributed by atoms with E-state index in [1.165, 1.54) is 4.57 Å². The Morgan fingerprint density at radius 2 is 2.00 bits per heavy atom. The average molecular weight is 377 g/mol. The standard InChI is InChI=1S/C21H23N5O2/c1-12(2)16-10-17(19(27)9-14(16)11-22)20-23-24-21(28)26(20)15-4-5-18-13(8-15)6-7-25(18)3/h4-10,12,27H,11,22H2,1-3H3,(H,24,28). The lowest BCUT2D eigenvalue weighted by Crippen LogP contribution is -2.15. The zero-order chi connectivity index (χ0) is 20.0. The number of phenolic OH excluding ortho intramolecular Hbond substituents is 1. The second-order valence-corrected chi connectivity index (χ2v) is 7.28. The SMILES string of the molecule is CC(C)c1cc(-c2n[nH]c(=O)n2-c2ccc3c(ccn3C)c2)c(O)cc1CN. The minimum Gasteiger partial charge on any atom is -0.507 e. The molecule has 2 aromatic heterocycles. The van der Waals surface area contributed by atoms with E-state index >= 15 is 0 Å². The summed E-state index contributed by atoms with van der Waals surface area (Å²) in [6.45, 7) is 4.46. The summed E-state index contributed by atoms with van der Waals surface area (Å²) in [4.78, 5) is 12.5. The maximum atomic E-state index is 12.5. The number of nitrogens with two attached hydrogens (primary N) is 1. The molecule has 0 saturated carbocycles. The Kier molecular flexibility index (Phi) is 4.31. The summed E-state index contributed by atoms with van der Waals surface area (Å²) in [5.74, 6) is 0.631. The summed E-state index contributed by atoms with van der Waals surface area (Å²) in [5, 5.41) is 18.3. The molecule has 144 valence electrons. The summed E-state index contributed by atoms with van der Waals surface area (Å²) in [6.07, 6.45) is 1.97. The monoisotopic (exact) mass is 377 g/mol. The topological polar surface area (TPSA) is 102 Å². The molecule has 7 nitrogen and oxygen atoms in total. The third-order valence-corrected chi connectivity index (χ3v) is 5.14. The van der Waals surface area contributed by atoms with Gasteiger partial charge in [0.2, 0.25) is 0 Å². The van der Waals surface area contributed by atoms with Gasteiger partial charge in [0.05, 0.1) is 11.3 Å². The fraction of sp³-hybridized carbons (Fsp3) is 0.238. The molecule has 0 fully saturated rings. The molecule has 0 amide bonds. The number of nitrogens with zero attached hydrogens (tertiary/aromatic N) is 3. The first-order valence-corrected chi connectivity index (χ1v) is 9.19. The van der Waals surface area contributed by atoms with Crippen LogP contribution in [0, 0.1) is 0 Å². The summed E-state index contributed by atoms with van der Waals surface area (Å²) in [7, 11) is 1.97. The lowest BCUT2D eigenvalue weighted by Gasteiger charge is -2.15. The van der Waals surface area contributed by atoms with E-state index in [-0.39, 0.29) is 17.4 Å². The molecular formula is C21H23N5O2. The molecule has 2 heterocycles. The third kappa shape index (κ3) is 2.80. The van der Waals surface area contributed by atoms with Crippen molar-refractivity contribution < 1.29 is 5.11 Å². The van der Waals surface area contributed by atoms with E-state index in [1.807, 2.05) is 48.1 Å². The molecule has 0 aliphatic carbocycles. The number of rotatable bonds is 4. The lowest BCUT2D eigenvalue weighted by molar-refractivity contribution is 0.475. The van der Waals surface area contributed by atoms with Gasteiger partial charge >= 0.3 is 5.69 Å². The van der Waals surface area contributed by atoms with Gasteiger partial charge in [0.25, 0.3) is 0 Å². The normalized spacial score (nSPS) is 11.6. The predicted octanol–water partition coefficient (Wildman–Crippen LogP) is 3.01. The number of fused-ring (bicyclic) bond motifs is 1.